The van der Waals surface area contributed by atoms with E-state index in [0.717, 1.165) is 23.3 Å². The molecule has 0 atom stereocenters. The Hall–Kier alpha value is -3.09. The fourth-order valence-electron chi connectivity index (χ4n) is 3.15. The fraction of sp³-hybridized carbons (Fsp3) is 0.231. The Morgan fingerprint density at radius 3 is 2.58 bits per heavy atom. The van der Waals surface area contributed by atoms with Crippen molar-refractivity contribution >= 4 is 35.1 Å². The molecule has 0 heterocycles. The third kappa shape index (κ3) is 8.40. The van der Waals surface area contributed by atoms with Crippen LogP contribution >= 0.6 is 23.8 Å². The molecule has 172 valence electrons. The average Bonchev–Trinajstić information content (AvgIpc) is 2.82. The number of ether oxygens (including phenoxy) is 2. The minimum absolute atomic E-state index is 0.391. The lowest BCUT2D eigenvalue weighted by atomic mass is 10.1. The summed E-state index contributed by atoms with van der Waals surface area (Å²) in [5.41, 5.74) is 7.13. The minimum Gasteiger partial charge on any atom is -0.490 e. The first-order chi connectivity index (χ1) is 16.0. The van der Waals surface area contributed by atoms with E-state index in [9.17, 15) is 0 Å². The lowest BCUT2D eigenvalue weighted by molar-refractivity contribution is 0.217. The molecule has 3 rings (SSSR count). The van der Waals surface area contributed by atoms with Gasteiger partial charge in [0.1, 0.15) is 24.7 Å². The zero-order valence-corrected chi connectivity index (χ0v) is 20.4. The van der Waals surface area contributed by atoms with Gasteiger partial charge in [0.25, 0.3) is 0 Å². The quantitative estimate of drug-likeness (QED) is 0.169. The maximum atomic E-state index is 6.16. The van der Waals surface area contributed by atoms with Crippen LogP contribution in [-0.2, 0) is 13.0 Å². The first-order valence-electron chi connectivity index (χ1n) is 10.8. The Balaban J connectivity index is 1.50. The second-order valence-electron chi connectivity index (χ2n) is 7.43. The summed E-state index contributed by atoms with van der Waals surface area (Å²) in [7, 11) is 0. The summed E-state index contributed by atoms with van der Waals surface area (Å²) in [6.45, 7) is 5.64. The van der Waals surface area contributed by atoms with Gasteiger partial charge < -0.3 is 14.8 Å². The highest BCUT2D eigenvalue weighted by Crippen LogP contribution is 2.22. The van der Waals surface area contributed by atoms with Crippen LogP contribution in [0, 0.1) is 6.92 Å². The summed E-state index contributed by atoms with van der Waals surface area (Å²) in [6, 6.07) is 21.7. The molecule has 0 saturated carbocycles. The van der Waals surface area contributed by atoms with E-state index in [-0.39, 0.29) is 0 Å². The molecule has 0 amide bonds. The van der Waals surface area contributed by atoms with Crippen molar-refractivity contribution in [3.05, 3.63) is 94.0 Å². The van der Waals surface area contributed by atoms with Gasteiger partial charge in [-0.3, -0.25) is 5.43 Å². The molecule has 0 aliphatic rings. The number of thiocarbonyl (C=S) groups is 1. The number of nitrogens with one attached hydrogen (secondary N) is 2. The summed E-state index contributed by atoms with van der Waals surface area (Å²) in [6.07, 6.45) is 2.61. The van der Waals surface area contributed by atoms with Crippen molar-refractivity contribution in [1.82, 2.24) is 10.7 Å². The predicted octanol–water partition coefficient (Wildman–Crippen LogP) is 5.67. The number of halogens is 1. The number of benzene rings is 3. The Morgan fingerprint density at radius 1 is 1.00 bits per heavy atom. The maximum absolute atomic E-state index is 6.16. The van der Waals surface area contributed by atoms with Crippen LogP contribution in [0.3, 0.4) is 0 Å². The van der Waals surface area contributed by atoms with Gasteiger partial charge in [-0.15, -0.1) is 0 Å². The highest BCUT2D eigenvalue weighted by Gasteiger charge is 2.05. The van der Waals surface area contributed by atoms with Gasteiger partial charge in [-0.1, -0.05) is 54.9 Å². The third-order valence-corrected chi connectivity index (χ3v) is 5.24. The molecule has 0 aliphatic heterocycles. The van der Waals surface area contributed by atoms with Crippen LogP contribution in [0.5, 0.6) is 11.5 Å². The van der Waals surface area contributed by atoms with Crippen molar-refractivity contribution in [2.24, 2.45) is 5.10 Å². The maximum Gasteiger partial charge on any atom is 0.187 e. The van der Waals surface area contributed by atoms with E-state index in [4.69, 9.17) is 33.3 Å². The normalized spacial score (nSPS) is 10.8. The van der Waals surface area contributed by atoms with E-state index in [0.29, 0.717) is 35.6 Å². The summed E-state index contributed by atoms with van der Waals surface area (Å²) >= 11 is 11.4. The average molecular weight is 482 g/mol. The van der Waals surface area contributed by atoms with Gasteiger partial charge in [0, 0.05) is 17.1 Å². The van der Waals surface area contributed by atoms with Crippen LogP contribution in [-0.4, -0.2) is 24.5 Å². The Labute approximate surface area is 205 Å². The van der Waals surface area contributed by atoms with Gasteiger partial charge >= 0.3 is 0 Å². The van der Waals surface area contributed by atoms with Gasteiger partial charge in [-0.2, -0.15) is 5.10 Å². The molecule has 0 aromatic heterocycles. The molecule has 0 aliphatic carbocycles. The van der Waals surface area contributed by atoms with E-state index < -0.39 is 0 Å². The molecule has 0 saturated heterocycles. The predicted molar refractivity (Wildman–Crippen MR) is 140 cm³/mol. The SMILES string of the molecule is CCc1cc(C)cc(OCCOc2ccc(Cl)cc2C=NNC(=S)NCc2ccccc2)c1. The topological polar surface area (TPSA) is 54.9 Å². The third-order valence-electron chi connectivity index (χ3n) is 4.77. The highest BCUT2D eigenvalue weighted by molar-refractivity contribution is 7.80. The Kier molecular flexibility index (Phi) is 9.54. The van der Waals surface area contributed by atoms with E-state index in [1.54, 1.807) is 18.3 Å². The van der Waals surface area contributed by atoms with Gasteiger partial charge in [-0.25, -0.2) is 0 Å². The molecule has 0 bridgehead atoms. The van der Waals surface area contributed by atoms with Crippen molar-refractivity contribution in [2.75, 3.05) is 13.2 Å². The number of hydrazone groups is 1. The lowest BCUT2D eigenvalue weighted by Crippen LogP contribution is -2.31. The van der Waals surface area contributed by atoms with E-state index in [1.807, 2.05) is 42.5 Å². The lowest BCUT2D eigenvalue weighted by Gasteiger charge is -2.12. The number of nitrogens with zero attached hydrogens (tertiary/aromatic N) is 1. The van der Waals surface area contributed by atoms with Crippen LogP contribution in [0.25, 0.3) is 0 Å². The molecule has 0 unspecified atom stereocenters. The molecule has 2 N–H and O–H groups in total. The summed E-state index contributed by atoms with van der Waals surface area (Å²) < 4.78 is 11.8. The molecule has 7 heteroatoms. The van der Waals surface area contributed by atoms with Crippen molar-refractivity contribution in [3.8, 4) is 11.5 Å². The van der Waals surface area contributed by atoms with Gasteiger partial charge in [-0.05, 0) is 72.6 Å². The van der Waals surface area contributed by atoms with Gasteiger partial charge in [0.05, 0.1) is 6.21 Å². The molecule has 3 aromatic carbocycles. The van der Waals surface area contributed by atoms with Crippen molar-refractivity contribution < 1.29 is 9.47 Å². The number of aryl methyl sites for hydroxylation is 2. The van der Waals surface area contributed by atoms with Crippen LogP contribution in [0.15, 0.2) is 71.8 Å². The minimum atomic E-state index is 0.391. The first-order valence-corrected chi connectivity index (χ1v) is 11.6. The number of hydrogen-bond acceptors (Lipinski definition) is 4. The molecular weight excluding hydrogens is 454 g/mol. The second kappa shape index (κ2) is 12.8. The molecule has 0 fully saturated rings. The Morgan fingerprint density at radius 2 is 1.79 bits per heavy atom. The van der Waals surface area contributed by atoms with Gasteiger partial charge in [0.15, 0.2) is 5.11 Å². The zero-order chi connectivity index (χ0) is 23.5. The molecule has 5 nitrogen and oxygen atoms in total. The van der Waals surface area contributed by atoms with Crippen LogP contribution in [0.4, 0.5) is 0 Å². The van der Waals surface area contributed by atoms with Crippen LogP contribution in [0.1, 0.15) is 29.2 Å². The van der Waals surface area contributed by atoms with E-state index in [1.165, 1.54) is 11.1 Å². The Bertz CT molecular complexity index is 1090. The summed E-state index contributed by atoms with van der Waals surface area (Å²) in [5, 5.41) is 8.35. The monoisotopic (exact) mass is 481 g/mol. The van der Waals surface area contributed by atoms with E-state index in [2.05, 4.69) is 41.8 Å². The molecule has 33 heavy (non-hydrogen) atoms. The largest absolute Gasteiger partial charge is 0.490 e. The molecular formula is C26H28ClN3O2S. The zero-order valence-electron chi connectivity index (χ0n) is 18.8. The number of hydrogen-bond donors (Lipinski definition) is 2. The molecule has 0 spiro atoms. The molecule has 3 aromatic rings. The van der Waals surface area contributed by atoms with Crippen molar-refractivity contribution in [2.45, 2.75) is 26.8 Å². The summed E-state index contributed by atoms with van der Waals surface area (Å²) in [4.78, 5) is 0. The molecule has 0 radical (unpaired) electrons. The summed E-state index contributed by atoms with van der Waals surface area (Å²) in [5.74, 6) is 1.52. The van der Waals surface area contributed by atoms with Crippen molar-refractivity contribution in [1.29, 1.82) is 0 Å². The first kappa shape index (κ1) is 24.6. The fourth-order valence-corrected chi connectivity index (χ4v) is 3.46. The van der Waals surface area contributed by atoms with Gasteiger partial charge in [0.2, 0.25) is 0 Å². The highest BCUT2D eigenvalue weighted by atomic mass is 35.5. The van der Waals surface area contributed by atoms with Crippen LogP contribution in [0.2, 0.25) is 5.02 Å². The standard InChI is InChI=1S/C26H28ClN3O2S/c1-3-20-13-19(2)14-24(15-20)31-11-12-32-25-10-9-23(27)16-22(25)18-29-30-26(33)28-17-21-7-5-4-6-8-21/h4-10,13-16,18H,3,11-12,17H2,1-2H3,(H2,28,30,33). The van der Waals surface area contributed by atoms with Crippen LogP contribution < -0.4 is 20.2 Å². The van der Waals surface area contributed by atoms with E-state index >= 15 is 0 Å². The number of rotatable bonds is 10. The van der Waals surface area contributed by atoms with Crippen molar-refractivity contribution in [3.63, 3.8) is 0 Å². The second-order valence-corrected chi connectivity index (χ2v) is 8.27. The smallest absolute Gasteiger partial charge is 0.187 e.